The van der Waals surface area contributed by atoms with Gasteiger partial charge in [-0.15, -0.1) is 0 Å². The summed E-state index contributed by atoms with van der Waals surface area (Å²) in [6.07, 6.45) is 3.94. The summed E-state index contributed by atoms with van der Waals surface area (Å²) in [6, 6.07) is 0.490. The second-order valence-electron chi connectivity index (χ2n) is 6.56. The lowest BCUT2D eigenvalue weighted by atomic mass is 9.81. The van der Waals surface area contributed by atoms with E-state index < -0.39 is 0 Å². The summed E-state index contributed by atoms with van der Waals surface area (Å²) in [7, 11) is 1.73. The van der Waals surface area contributed by atoms with Gasteiger partial charge in [0.05, 0.1) is 13.7 Å². The largest absolute Gasteiger partial charge is 0.496 e. The third-order valence-corrected chi connectivity index (χ3v) is 4.36. The Morgan fingerprint density at radius 1 is 1.43 bits per heavy atom. The number of rotatable bonds is 6. The van der Waals surface area contributed by atoms with E-state index in [4.69, 9.17) is 9.47 Å². The van der Waals surface area contributed by atoms with E-state index in [0.717, 1.165) is 55.2 Å². The average molecular weight is 292 g/mol. The first-order valence-corrected chi connectivity index (χ1v) is 7.77. The molecule has 0 aliphatic carbocycles. The molecule has 1 aliphatic heterocycles. The van der Waals surface area contributed by atoms with Crippen LogP contribution in [-0.2, 0) is 11.2 Å². The van der Waals surface area contributed by atoms with E-state index in [2.05, 4.69) is 31.1 Å². The predicted octanol–water partition coefficient (Wildman–Crippen LogP) is 2.65. The van der Waals surface area contributed by atoms with Crippen LogP contribution in [0.25, 0.3) is 0 Å². The maximum absolute atomic E-state index is 5.69. The molecule has 0 amide bonds. The third kappa shape index (κ3) is 3.74. The van der Waals surface area contributed by atoms with Crippen molar-refractivity contribution in [2.45, 2.75) is 46.6 Å². The zero-order chi connectivity index (χ0) is 15.5. The molecule has 1 unspecified atom stereocenters. The summed E-state index contributed by atoms with van der Waals surface area (Å²) in [4.78, 5) is 4.66. The van der Waals surface area contributed by atoms with Crippen molar-refractivity contribution in [3.8, 4) is 5.75 Å². The van der Waals surface area contributed by atoms with Gasteiger partial charge in [-0.05, 0) is 26.7 Å². The van der Waals surface area contributed by atoms with Crippen LogP contribution < -0.4 is 10.1 Å². The Labute approximate surface area is 128 Å². The van der Waals surface area contributed by atoms with Crippen LogP contribution in [0.5, 0.6) is 5.75 Å². The monoisotopic (exact) mass is 292 g/mol. The van der Waals surface area contributed by atoms with Crippen LogP contribution in [-0.4, -0.2) is 37.9 Å². The minimum Gasteiger partial charge on any atom is -0.496 e. The molecule has 0 bridgehead atoms. The maximum Gasteiger partial charge on any atom is 0.128 e. The molecule has 1 aliphatic rings. The normalized spacial score (nSPS) is 22.0. The molecular weight excluding hydrogens is 264 g/mol. The van der Waals surface area contributed by atoms with Gasteiger partial charge in [0.15, 0.2) is 0 Å². The minimum absolute atomic E-state index is 0.155. The number of methoxy groups -OCH3 is 1. The van der Waals surface area contributed by atoms with Crippen molar-refractivity contribution in [3.63, 3.8) is 0 Å². The number of nitrogens with zero attached hydrogens (tertiary/aromatic N) is 1. The zero-order valence-corrected chi connectivity index (χ0v) is 14.0. The van der Waals surface area contributed by atoms with Gasteiger partial charge in [0, 0.05) is 47.6 Å². The highest BCUT2D eigenvalue weighted by Crippen LogP contribution is 2.34. The zero-order valence-electron chi connectivity index (χ0n) is 14.0. The molecule has 1 atom stereocenters. The quantitative estimate of drug-likeness (QED) is 0.875. The highest BCUT2D eigenvalue weighted by atomic mass is 16.5. The molecule has 2 heterocycles. The van der Waals surface area contributed by atoms with Crippen LogP contribution in [0.15, 0.2) is 6.20 Å². The summed E-state index contributed by atoms with van der Waals surface area (Å²) in [5, 5.41) is 3.57. The van der Waals surface area contributed by atoms with E-state index in [1.54, 1.807) is 7.11 Å². The standard InChI is InChI=1S/C17H28N2O2/c1-12(2)19-10-17(6-7-21-11-17)8-15-14(4)16(20-5)13(3)9-18-15/h9,12,19H,6-8,10-11H2,1-5H3. The van der Waals surface area contributed by atoms with Gasteiger partial charge in [-0.25, -0.2) is 0 Å². The highest BCUT2D eigenvalue weighted by Gasteiger charge is 2.36. The van der Waals surface area contributed by atoms with Crippen LogP contribution in [0.4, 0.5) is 0 Å². The Balaban J connectivity index is 2.21. The highest BCUT2D eigenvalue weighted by molar-refractivity contribution is 5.41. The summed E-state index contributed by atoms with van der Waals surface area (Å²) >= 11 is 0. The van der Waals surface area contributed by atoms with E-state index in [1.165, 1.54) is 0 Å². The summed E-state index contributed by atoms with van der Waals surface area (Å²) in [5.74, 6) is 0.964. The molecule has 0 saturated carbocycles. The Bertz CT molecular complexity index is 480. The van der Waals surface area contributed by atoms with Crippen molar-refractivity contribution in [1.82, 2.24) is 10.3 Å². The lowest BCUT2D eigenvalue weighted by Crippen LogP contribution is -2.40. The van der Waals surface area contributed by atoms with E-state index in [1.807, 2.05) is 13.1 Å². The van der Waals surface area contributed by atoms with E-state index in [9.17, 15) is 0 Å². The van der Waals surface area contributed by atoms with Crippen molar-refractivity contribution < 1.29 is 9.47 Å². The van der Waals surface area contributed by atoms with Crippen molar-refractivity contribution in [2.24, 2.45) is 5.41 Å². The number of pyridine rings is 1. The van der Waals surface area contributed by atoms with E-state index in [0.29, 0.717) is 6.04 Å². The third-order valence-electron chi connectivity index (χ3n) is 4.36. The Morgan fingerprint density at radius 2 is 2.19 bits per heavy atom. The van der Waals surface area contributed by atoms with Crippen molar-refractivity contribution in [3.05, 3.63) is 23.0 Å². The smallest absolute Gasteiger partial charge is 0.128 e. The molecule has 0 radical (unpaired) electrons. The van der Waals surface area contributed by atoms with Crippen LogP contribution in [0.3, 0.4) is 0 Å². The fourth-order valence-electron chi connectivity index (χ4n) is 3.02. The Kier molecular flexibility index (Phi) is 5.22. The van der Waals surface area contributed by atoms with Gasteiger partial charge >= 0.3 is 0 Å². The second kappa shape index (κ2) is 6.75. The number of nitrogens with one attached hydrogen (secondary N) is 1. The van der Waals surface area contributed by atoms with Crippen LogP contribution in [0, 0.1) is 19.3 Å². The van der Waals surface area contributed by atoms with Crippen LogP contribution in [0.2, 0.25) is 0 Å². The van der Waals surface area contributed by atoms with E-state index in [-0.39, 0.29) is 5.41 Å². The van der Waals surface area contributed by atoms with E-state index >= 15 is 0 Å². The Morgan fingerprint density at radius 3 is 2.76 bits per heavy atom. The lowest BCUT2D eigenvalue weighted by molar-refractivity contribution is 0.147. The number of aromatic nitrogens is 1. The fraction of sp³-hybridized carbons (Fsp3) is 0.706. The molecule has 4 nitrogen and oxygen atoms in total. The second-order valence-corrected chi connectivity index (χ2v) is 6.56. The first kappa shape index (κ1) is 16.2. The predicted molar refractivity (Wildman–Crippen MR) is 85.0 cm³/mol. The molecule has 2 rings (SSSR count). The molecule has 4 heteroatoms. The van der Waals surface area contributed by atoms with Crippen molar-refractivity contribution in [2.75, 3.05) is 26.9 Å². The SMILES string of the molecule is COc1c(C)cnc(CC2(CNC(C)C)CCOC2)c1C. The van der Waals surface area contributed by atoms with Gasteiger partial charge in [-0.2, -0.15) is 0 Å². The lowest BCUT2D eigenvalue weighted by Gasteiger charge is -2.29. The number of hydrogen-bond acceptors (Lipinski definition) is 4. The van der Waals surface area contributed by atoms with Gasteiger partial charge in [0.25, 0.3) is 0 Å². The molecule has 1 N–H and O–H groups in total. The Hall–Kier alpha value is -1.13. The number of aryl methyl sites for hydroxylation is 1. The molecule has 21 heavy (non-hydrogen) atoms. The van der Waals surface area contributed by atoms with Gasteiger partial charge in [0.1, 0.15) is 5.75 Å². The molecule has 0 spiro atoms. The molecule has 1 saturated heterocycles. The first-order chi connectivity index (χ1) is 9.97. The van der Waals surface area contributed by atoms with Gasteiger partial charge in [0.2, 0.25) is 0 Å². The summed E-state index contributed by atoms with van der Waals surface area (Å²) < 4.78 is 11.2. The summed E-state index contributed by atoms with van der Waals surface area (Å²) in [5.41, 5.74) is 3.54. The fourth-order valence-corrected chi connectivity index (χ4v) is 3.02. The van der Waals surface area contributed by atoms with Gasteiger partial charge < -0.3 is 14.8 Å². The van der Waals surface area contributed by atoms with Crippen LogP contribution in [0.1, 0.15) is 37.1 Å². The van der Waals surface area contributed by atoms with Crippen LogP contribution >= 0.6 is 0 Å². The molecule has 1 aromatic heterocycles. The molecule has 1 fully saturated rings. The topological polar surface area (TPSA) is 43.4 Å². The molecular formula is C17H28N2O2. The molecule has 1 aromatic rings. The average Bonchev–Trinajstić information content (AvgIpc) is 2.90. The molecule has 0 aromatic carbocycles. The molecule has 118 valence electrons. The number of ether oxygens (including phenoxy) is 2. The maximum atomic E-state index is 5.69. The summed E-state index contributed by atoms with van der Waals surface area (Å²) in [6.45, 7) is 11.1. The van der Waals surface area contributed by atoms with Gasteiger partial charge in [-0.1, -0.05) is 13.8 Å². The minimum atomic E-state index is 0.155. The van der Waals surface area contributed by atoms with Gasteiger partial charge in [-0.3, -0.25) is 4.98 Å². The van der Waals surface area contributed by atoms with Crippen molar-refractivity contribution >= 4 is 0 Å². The van der Waals surface area contributed by atoms with Crippen molar-refractivity contribution in [1.29, 1.82) is 0 Å². The first-order valence-electron chi connectivity index (χ1n) is 7.77. The number of hydrogen-bond donors (Lipinski definition) is 1.